The molecule has 0 atom stereocenters. The summed E-state index contributed by atoms with van der Waals surface area (Å²) in [7, 11) is -3.71. The van der Waals surface area contributed by atoms with E-state index in [0.717, 1.165) is 25.9 Å². The van der Waals surface area contributed by atoms with Crippen LogP contribution in [0.25, 0.3) is 0 Å². The van der Waals surface area contributed by atoms with Crippen molar-refractivity contribution in [2.45, 2.75) is 44.4 Å². The van der Waals surface area contributed by atoms with Crippen molar-refractivity contribution in [3.63, 3.8) is 0 Å². The standard InChI is InChI=1S/C26H33F2N5O4S/c27-26(28)8-13-33(14-9-26)23-17-19(3-10-29-23)24(35)30-21-2-1-20(31-38(36,37)16-15-34)18-22(21)32-11-6-25(4-5-25)7-12-32/h1-3,10,17-18,31,34H,4-9,11-16H2,(H,30,35). The predicted molar refractivity (Wildman–Crippen MR) is 143 cm³/mol. The third kappa shape index (κ3) is 6.17. The molecule has 2 saturated heterocycles. The van der Waals surface area contributed by atoms with Crippen LogP contribution in [0.15, 0.2) is 36.5 Å². The van der Waals surface area contributed by atoms with Crippen LogP contribution >= 0.6 is 0 Å². The van der Waals surface area contributed by atoms with Gasteiger partial charge in [-0.2, -0.15) is 0 Å². The average molecular weight is 550 g/mol. The second-order valence-corrected chi connectivity index (χ2v) is 12.4. The number of carbonyl (C=O) groups excluding carboxylic acids is 1. The van der Waals surface area contributed by atoms with Crippen molar-refractivity contribution in [3.8, 4) is 0 Å². The molecular weight excluding hydrogens is 516 g/mol. The van der Waals surface area contributed by atoms with Crippen LogP contribution in [-0.2, 0) is 10.0 Å². The van der Waals surface area contributed by atoms with Crippen LogP contribution in [0.3, 0.4) is 0 Å². The average Bonchev–Trinajstić information content (AvgIpc) is 3.64. The third-order valence-electron chi connectivity index (χ3n) is 7.83. The van der Waals surface area contributed by atoms with Gasteiger partial charge in [-0.05, 0) is 61.4 Å². The maximum atomic E-state index is 13.6. The Morgan fingerprint density at radius 1 is 0.974 bits per heavy atom. The van der Waals surface area contributed by atoms with E-state index in [-0.39, 0.29) is 31.8 Å². The normalized spacial score (nSPS) is 20.3. The number of alkyl halides is 2. The molecule has 1 saturated carbocycles. The fourth-order valence-electron chi connectivity index (χ4n) is 5.20. The fourth-order valence-corrected chi connectivity index (χ4v) is 6.03. The van der Waals surface area contributed by atoms with Crippen LogP contribution in [0, 0.1) is 5.41 Å². The summed E-state index contributed by atoms with van der Waals surface area (Å²) in [6.07, 6.45) is 5.57. The van der Waals surface area contributed by atoms with E-state index >= 15 is 0 Å². The number of halogens is 2. The Hall–Kier alpha value is -2.99. The van der Waals surface area contributed by atoms with Crippen molar-refractivity contribution in [2.24, 2.45) is 5.41 Å². The summed E-state index contributed by atoms with van der Waals surface area (Å²) in [5.41, 5.74) is 2.40. The molecule has 3 aliphatic rings. The lowest BCUT2D eigenvalue weighted by Crippen LogP contribution is -2.39. The smallest absolute Gasteiger partial charge is 0.255 e. The summed E-state index contributed by atoms with van der Waals surface area (Å²) in [6.45, 7) is 1.44. The van der Waals surface area contributed by atoms with Crippen molar-refractivity contribution < 1.29 is 27.1 Å². The second-order valence-electron chi connectivity index (χ2n) is 10.6. The SMILES string of the molecule is O=C(Nc1ccc(NS(=O)(=O)CCO)cc1N1CCC2(CC1)CC2)c1ccnc(N2CCC(F)(F)CC2)c1. The number of hydrogen-bond acceptors (Lipinski definition) is 7. The van der Waals surface area contributed by atoms with Crippen molar-refractivity contribution in [1.82, 2.24) is 4.98 Å². The number of nitrogens with one attached hydrogen (secondary N) is 2. The van der Waals surface area contributed by atoms with Crippen molar-refractivity contribution in [1.29, 1.82) is 0 Å². The maximum absolute atomic E-state index is 13.6. The van der Waals surface area contributed by atoms with E-state index in [1.54, 1.807) is 35.2 Å². The Bertz CT molecular complexity index is 1280. The molecule has 12 heteroatoms. The van der Waals surface area contributed by atoms with Crippen molar-refractivity contribution in [3.05, 3.63) is 42.1 Å². The highest BCUT2D eigenvalue weighted by Crippen LogP contribution is 2.54. The number of aliphatic hydroxyl groups excluding tert-OH is 1. The molecular formula is C26H33F2N5O4S. The molecule has 9 nitrogen and oxygen atoms in total. The molecule has 3 fully saturated rings. The van der Waals surface area contributed by atoms with E-state index in [1.165, 1.54) is 19.0 Å². The van der Waals surface area contributed by atoms with Gasteiger partial charge in [0.25, 0.3) is 11.8 Å². The number of sulfonamides is 1. The maximum Gasteiger partial charge on any atom is 0.255 e. The van der Waals surface area contributed by atoms with Crippen LogP contribution in [0.5, 0.6) is 0 Å². The van der Waals surface area contributed by atoms with Crippen molar-refractivity contribution >= 4 is 38.8 Å². The van der Waals surface area contributed by atoms with Gasteiger partial charge in [0.15, 0.2) is 0 Å². The molecule has 38 heavy (non-hydrogen) atoms. The van der Waals surface area contributed by atoms with Gasteiger partial charge < -0.3 is 20.2 Å². The molecule has 1 aromatic carbocycles. The fraction of sp³-hybridized carbons (Fsp3) is 0.538. The number of piperidine rings is 2. The molecule has 0 bridgehead atoms. The number of nitrogens with zero attached hydrogens (tertiary/aromatic N) is 3. The molecule has 3 N–H and O–H groups in total. The lowest BCUT2D eigenvalue weighted by atomic mass is 9.93. The lowest BCUT2D eigenvalue weighted by Gasteiger charge is -2.35. The van der Waals surface area contributed by atoms with E-state index in [4.69, 9.17) is 5.11 Å². The molecule has 1 amide bonds. The highest BCUT2D eigenvalue weighted by atomic mass is 32.2. The molecule has 2 aliphatic heterocycles. The number of benzene rings is 1. The van der Waals surface area contributed by atoms with Gasteiger partial charge in [0.1, 0.15) is 5.82 Å². The molecule has 0 radical (unpaired) electrons. The summed E-state index contributed by atoms with van der Waals surface area (Å²) in [5, 5.41) is 12.0. The first kappa shape index (κ1) is 26.6. The molecule has 0 unspecified atom stereocenters. The third-order valence-corrected chi connectivity index (χ3v) is 9.09. The van der Waals surface area contributed by atoms with Crippen LogP contribution in [0.2, 0.25) is 0 Å². The van der Waals surface area contributed by atoms with Gasteiger partial charge in [-0.1, -0.05) is 0 Å². The van der Waals surface area contributed by atoms with E-state index < -0.39 is 28.3 Å². The molecule has 1 spiro atoms. The highest BCUT2D eigenvalue weighted by molar-refractivity contribution is 7.92. The first-order valence-electron chi connectivity index (χ1n) is 13.0. The summed E-state index contributed by atoms with van der Waals surface area (Å²) >= 11 is 0. The number of pyridine rings is 1. The molecule has 2 aromatic rings. The molecule has 206 valence electrons. The molecule has 5 rings (SSSR count). The monoisotopic (exact) mass is 549 g/mol. The minimum atomic E-state index is -3.71. The van der Waals surface area contributed by atoms with Crippen LogP contribution < -0.4 is 19.8 Å². The summed E-state index contributed by atoms with van der Waals surface area (Å²) < 4.78 is 54.1. The number of amides is 1. The second kappa shape index (κ2) is 10.3. The predicted octanol–water partition coefficient (Wildman–Crippen LogP) is 3.68. The Kier molecular flexibility index (Phi) is 7.21. The van der Waals surface area contributed by atoms with Crippen LogP contribution in [0.1, 0.15) is 48.9 Å². The Morgan fingerprint density at radius 3 is 2.32 bits per heavy atom. The van der Waals surface area contributed by atoms with Gasteiger partial charge in [-0.15, -0.1) is 0 Å². The van der Waals surface area contributed by atoms with Gasteiger partial charge in [0, 0.05) is 50.8 Å². The van der Waals surface area contributed by atoms with Crippen molar-refractivity contribution in [2.75, 3.05) is 58.4 Å². The number of aliphatic hydroxyl groups is 1. The Labute approximate surface area is 221 Å². The van der Waals surface area contributed by atoms with Gasteiger partial charge in [-0.3, -0.25) is 9.52 Å². The quantitative estimate of drug-likeness (QED) is 0.460. The van der Waals surface area contributed by atoms with Crippen LogP contribution in [-0.4, -0.2) is 68.9 Å². The first-order chi connectivity index (χ1) is 18.1. The number of anilines is 4. The number of rotatable bonds is 8. The van der Waals surface area contributed by atoms with Gasteiger partial charge in [0.05, 0.1) is 29.4 Å². The lowest BCUT2D eigenvalue weighted by molar-refractivity contribution is -0.0221. The van der Waals surface area contributed by atoms with Crippen LogP contribution in [0.4, 0.5) is 31.7 Å². The zero-order chi connectivity index (χ0) is 27.0. The van der Waals surface area contributed by atoms with E-state index in [9.17, 15) is 22.0 Å². The largest absolute Gasteiger partial charge is 0.395 e. The summed E-state index contributed by atoms with van der Waals surface area (Å²) in [6, 6.07) is 8.13. The number of carbonyl (C=O) groups is 1. The van der Waals surface area contributed by atoms with Gasteiger partial charge in [0.2, 0.25) is 10.0 Å². The molecule has 1 aromatic heterocycles. The number of aromatic nitrogens is 1. The Balaban J connectivity index is 1.36. The summed E-state index contributed by atoms with van der Waals surface area (Å²) in [5.74, 6) is -2.98. The molecule has 1 aliphatic carbocycles. The zero-order valence-corrected chi connectivity index (χ0v) is 21.9. The van der Waals surface area contributed by atoms with Gasteiger partial charge in [-0.25, -0.2) is 22.2 Å². The summed E-state index contributed by atoms with van der Waals surface area (Å²) in [4.78, 5) is 21.5. The minimum absolute atomic E-state index is 0.166. The van der Waals surface area contributed by atoms with Gasteiger partial charge >= 0.3 is 0 Å². The zero-order valence-electron chi connectivity index (χ0n) is 21.1. The molecule has 3 heterocycles. The first-order valence-corrected chi connectivity index (χ1v) is 14.6. The minimum Gasteiger partial charge on any atom is -0.395 e. The highest BCUT2D eigenvalue weighted by Gasteiger charge is 2.44. The van der Waals surface area contributed by atoms with E-state index in [2.05, 4.69) is 19.9 Å². The topological polar surface area (TPSA) is 115 Å². The van der Waals surface area contributed by atoms with E-state index in [0.29, 0.717) is 33.9 Å². The number of hydrogen-bond donors (Lipinski definition) is 3. The van der Waals surface area contributed by atoms with E-state index in [1.807, 2.05) is 0 Å². The Morgan fingerprint density at radius 2 is 1.66 bits per heavy atom.